The maximum Gasteiger partial charge on any atom is 0.407 e. The molecular formula is C39H48N6O8S. The zero-order valence-electron chi connectivity index (χ0n) is 31.3. The number of rotatable bonds is 10. The molecule has 288 valence electrons. The minimum absolute atomic E-state index is 0.0561. The average Bonchev–Trinajstić information content (AvgIpc) is 3.64. The Balaban J connectivity index is 1.11. The van der Waals surface area contributed by atoms with Gasteiger partial charge < -0.3 is 35.4 Å². The van der Waals surface area contributed by atoms with Crippen molar-refractivity contribution < 1.29 is 37.4 Å². The molecule has 6 rings (SSSR count). The summed E-state index contributed by atoms with van der Waals surface area (Å²) in [5, 5.41) is 12.1. The van der Waals surface area contributed by atoms with Gasteiger partial charge in [0.25, 0.3) is 10.0 Å². The van der Waals surface area contributed by atoms with E-state index in [1.54, 1.807) is 13.8 Å². The monoisotopic (exact) mass is 760 g/mol. The van der Waals surface area contributed by atoms with Crippen molar-refractivity contribution in [3.8, 4) is 16.9 Å². The van der Waals surface area contributed by atoms with Gasteiger partial charge in [-0.25, -0.2) is 22.7 Å². The summed E-state index contributed by atoms with van der Waals surface area (Å²) in [5.74, 6) is -0.136. The van der Waals surface area contributed by atoms with E-state index in [-0.39, 0.29) is 74.9 Å². The van der Waals surface area contributed by atoms with Crippen molar-refractivity contribution >= 4 is 34.1 Å². The van der Waals surface area contributed by atoms with E-state index in [9.17, 15) is 27.9 Å². The predicted molar refractivity (Wildman–Crippen MR) is 203 cm³/mol. The van der Waals surface area contributed by atoms with Crippen molar-refractivity contribution in [3.63, 3.8) is 0 Å². The number of carbonyl (C=O) groups excluding carboxylic acids is 2. The molecule has 3 aliphatic rings. The molecule has 0 radical (unpaired) electrons. The lowest BCUT2D eigenvalue weighted by molar-refractivity contribution is -0.135. The molecule has 3 aromatic carbocycles. The number of amides is 3. The Bertz CT molecular complexity index is 2060. The summed E-state index contributed by atoms with van der Waals surface area (Å²) in [6.07, 6.45) is -0.847. The topological polar surface area (TPSA) is 193 Å². The fourth-order valence-corrected chi connectivity index (χ4v) is 9.27. The fourth-order valence-electron chi connectivity index (χ4n) is 7.74. The highest BCUT2D eigenvalue weighted by Gasteiger charge is 2.37. The molecule has 1 fully saturated rings. The van der Waals surface area contributed by atoms with Gasteiger partial charge in [0.2, 0.25) is 11.9 Å². The van der Waals surface area contributed by atoms with Gasteiger partial charge in [0.05, 0.1) is 4.90 Å². The second-order valence-corrected chi connectivity index (χ2v) is 16.3. The summed E-state index contributed by atoms with van der Waals surface area (Å²) < 4.78 is 41.5. The second kappa shape index (κ2) is 15.2. The Morgan fingerprint density at radius 3 is 2.17 bits per heavy atom. The van der Waals surface area contributed by atoms with E-state index in [1.807, 2.05) is 69.3 Å². The molecule has 2 aliphatic heterocycles. The van der Waals surface area contributed by atoms with Crippen molar-refractivity contribution in [1.29, 1.82) is 0 Å². The molecule has 2 heterocycles. The number of aliphatic imine (C=N–C) groups is 1. The molecule has 0 unspecified atom stereocenters. The largest absolute Gasteiger partial charge is 0.487 e. The number of nitrogens with two attached hydrogens (primary N) is 1. The van der Waals surface area contributed by atoms with Gasteiger partial charge in [-0.1, -0.05) is 48.5 Å². The molecule has 3 amide bonds. The van der Waals surface area contributed by atoms with Crippen LogP contribution in [0.2, 0.25) is 0 Å². The predicted octanol–water partition coefficient (Wildman–Crippen LogP) is 4.43. The van der Waals surface area contributed by atoms with Crippen LogP contribution in [0.3, 0.4) is 0 Å². The zero-order valence-corrected chi connectivity index (χ0v) is 32.1. The average molecular weight is 761 g/mol. The number of benzene rings is 3. The first-order valence-electron chi connectivity index (χ1n) is 18.1. The quantitative estimate of drug-likeness (QED) is 0.132. The standard InChI is InChI=1S/C39H48N6O8S/c1-23-24(2)34(25(3)30-21-39(4,5)53-33(23)30)54(50,51)43-36(40)41-16-10-15-32(35(46)44-17-19-45(20-18-44)38(48)49)42-37(47)52-22-31-28-13-8-6-11-26(28)27-12-7-9-14-29(27)31/h6-9,11-14,31-32H,10,15-22H2,1-5H3,(H,42,47)(H,48,49)(H3,40,41,43)/t32-/m0/s1. The van der Waals surface area contributed by atoms with Gasteiger partial charge in [-0.3, -0.25) is 9.79 Å². The first-order chi connectivity index (χ1) is 25.6. The van der Waals surface area contributed by atoms with Gasteiger partial charge in [0, 0.05) is 50.6 Å². The van der Waals surface area contributed by atoms with Crippen LogP contribution in [0.5, 0.6) is 5.75 Å². The molecule has 3 aromatic rings. The number of carboxylic acid groups (broad SMARTS) is 1. The lowest BCUT2D eigenvalue weighted by atomic mass is 9.94. The Labute approximate surface area is 315 Å². The third-order valence-electron chi connectivity index (χ3n) is 10.5. The van der Waals surface area contributed by atoms with Gasteiger partial charge in [0.15, 0.2) is 0 Å². The van der Waals surface area contributed by atoms with Gasteiger partial charge in [-0.05, 0) is 86.4 Å². The van der Waals surface area contributed by atoms with Crippen molar-refractivity contribution in [1.82, 2.24) is 19.8 Å². The van der Waals surface area contributed by atoms with E-state index in [4.69, 9.17) is 15.2 Å². The number of hydrogen-bond acceptors (Lipinski definition) is 8. The third-order valence-corrected chi connectivity index (χ3v) is 12.2. The Morgan fingerprint density at radius 2 is 1.56 bits per heavy atom. The zero-order chi connectivity index (χ0) is 38.9. The Morgan fingerprint density at radius 1 is 0.963 bits per heavy atom. The van der Waals surface area contributed by atoms with E-state index >= 15 is 0 Å². The molecule has 0 bridgehead atoms. The molecule has 1 aliphatic carbocycles. The number of alkyl carbamates (subject to hydrolysis) is 1. The van der Waals surface area contributed by atoms with E-state index in [0.717, 1.165) is 39.1 Å². The number of fused-ring (bicyclic) bond motifs is 4. The van der Waals surface area contributed by atoms with Crippen molar-refractivity contribution in [2.24, 2.45) is 10.7 Å². The summed E-state index contributed by atoms with van der Waals surface area (Å²) in [5.41, 5.74) is 12.7. The Kier molecular flexibility index (Phi) is 10.8. The van der Waals surface area contributed by atoms with Crippen LogP contribution in [0.1, 0.15) is 66.0 Å². The summed E-state index contributed by atoms with van der Waals surface area (Å²) in [7, 11) is -4.10. The highest BCUT2D eigenvalue weighted by atomic mass is 32.2. The Hall–Kier alpha value is -5.31. The van der Waals surface area contributed by atoms with Gasteiger partial charge in [-0.2, -0.15) is 0 Å². The first kappa shape index (κ1) is 38.4. The molecule has 14 nitrogen and oxygen atoms in total. The minimum atomic E-state index is -4.10. The van der Waals surface area contributed by atoms with Crippen molar-refractivity contribution in [2.75, 3.05) is 39.3 Å². The van der Waals surface area contributed by atoms with E-state index in [0.29, 0.717) is 17.5 Å². The summed E-state index contributed by atoms with van der Waals surface area (Å²) in [4.78, 5) is 45.5. The number of hydrogen-bond donors (Lipinski definition) is 4. The lowest BCUT2D eigenvalue weighted by Crippen LogP contribution is -2.55. The molecule has 0 aromatic heterocycles. The molecular weight excluding hydrogens is 713 g/mol. The number of ether oxygens (including phenoxy) is 2. The third kappa shape index (κ3) is 7.81. The van der Waals surface area contributed by atoms with Crippen LogP contribution in [0.4, 0.5) is 9.59 Å². The highest BCUT2D eigenvalue weighted by Crippen LogP contribution is 2.45. The van der Waals surface area contributed by atoms with Gasteiger partial charge in [-0.15, -0.1) is 0 Å². The van der Waals surface area contributed by atoms with Crippen LogP contribution < -0.4 is 20.5 Å². The molecule has 0 saturated carbocycles. The number of guanidine groups is 1. The maximum atomic E-state index is 13.7. The van der Waals surface area contributed by atoms with Gasteiger partial charge in [0.1, 0.15) is 24.0 Å². The number of nitrogens with one attached hydrogen (secondary N) is 2. The molecule has 15 heteroatoms. The van der Waals surface area contributed by atoms with Gasteiger partial charge >= 0.3 is 12.2 Å². The fraction of sp³-hybridized carbons (Fsp3) is 0.436. The van der Waals surface area contributed by atoms with Crippen molar-refractivity contribution in [2.45, 2.75) is 76.3 Å². The van der Waals surface area contributed by atoms with Crippen molar-refractivity contribution in [3.05, 3.63) is 81.9 Å². The second-order valence-electron chi connectivity index (χ2n) is 14.7. The van der Waals surface area contributed by atoms with Crippen LogP contribution >= 0.6 is 0 Å². The number of sulfonamides is 1. The highest BCUT2D eigenvalue weighted by molar-refractivity contribution is 7.90. The smallest absolute Gasteiger partial charge is 0.407 e. The maximum absolute atomic E-state index is 13.7. The van der Waals surface area contributed by atoms with E-state index in [1.165, 1.54) is 9.80 Å². The number of nitrogens with zero attached hydrogens (tertiary/aromatic N) is 3. The summed E-state index contributed by atoms with van der Waals surface area (Å²) >= 11 is 0. The van der Waals surface area contributed by atoms with Crippen LogP contribution in [0.15, 0.2) is 58.4 Å². The lowest BCUT2D eigenvalue weighted by Gasteiger charge is -2.35. The van der Waals surface area contributed by atoms with Crippen LogP contribution in [0, 0.1) is 20.8 Å². The number of carbonyl (C=O) groups is 3. The molecule has 1 saturated heterocycles. The van der Waals surface area contributed by atoms with Crippen LogP contribution in [-0.2, 0) is 26.0 Å². The molecule has 54 heavy (non-hydrogen) atoms. The molecule has 1 atom stereocenters. The van der Waals surface area contributed by atoms with Crippen LogP contribution in [0.25, 0.3) is 11.1 Å². The van der Waals surface area contributed by atoms with Crippen LogP contribution in [-0.4, -0.2) is 98.4 Å². The van der Waals surface area contributed by atoms with E-state index in [2.05, 4.69) is 15.0 Å². The SMILES string of the molecule is Cc1c(C)c(S(=O)(=O)NC(N)=NCCC[C@H](NC(=O)OCC2c3ccccc3-c3ccccc32)C(=O)N2CCN(C(=O)O)CC2)c(C)c2c1OC(C)(C)C2. The molecule has 0 spiro atoms. The molecule has 5 N–H and O–H groups in total. The summed E-state index contributed by atoms with van der Waals surface area (Å²) in [6.45, 7) is 10.0. The minimum Gasteiger partial charge on any atom is -0.487 e. The first-order valence-corrected chi connectivity index (χ1v) is 19.6. The number of piperazine rings is 1. The normalized spacial score (nSPS) is 16.9. The van der Waals surface area contributed by atoms with E-state index < -0.39 is 33.9 Å². The summed E-state index contributed by atoms with van der Waals surface area (Å²) in [6, 6.07) is 14.9.